The van der Waals surface area contributed by atoms with Gasteiger partial charge in [0.05, 0.1) is 18.0 Å². The van der Waals surface area contributed by atoms with E-state index in [1.54, 1.807) is 31.1 Å². The average molecular weight is 451 g/mol. The monoisotopic (exact) mass is 450 g/mol. The lowest BCUT2D eigenvalue weighted by molar-refractivity contribution is -0.125. The van der Waals surface area contributed by atoms with Crippen LogP contribution in [0.5, 0.6) is 5.75 Å². The Kier molecular flexibility index (Phi) is 6.32. The molecular formula is C24H26N4O3S. The van der Waals surface area contributed by atoms with Crippen LogP contribution in [-0.4, -0.2) is 46.1 Å². The number of carbonyl (C=O) groups excluding carboxylic acids is 2. The molecule has 2 aromatic carbocycles. The van der Waals surface area contributed by atoms with Crippen LogP contribution < -0.4 is 10.1 Å². The van der Waals surface area contributed by atoms with E-state index in [0.717, 1.165) is 17.7 Å². The van der Waals surface area contributed by atoms with Crippen LogP contribution in [0.2, 0.25) is 0 Å². The number of ether oxygens (including phenoxy) is 1. The average Bonchev–Trinajstić information content (AvgIpc) is 3.16. The molecule has 3 atom stereocenters. The number of amides is 2. The van der Waals surface area contributed by atoms with Gasteiger partial charge >= 0.3 is 0 Å². The van der Waals surface area contributed by atoms with E-state index in [-0.39, 0.29) is 17.7 Å². The van der Waals surface area contributed by atoms with Gasteiger partial charge in [0.25, 0.3) is 5.91 Å². The van der Waals surface area contributed by atoms with Crippen LogP contribution >= 0.6 is 11.8 Å². The fourth-order valence-electron chi connectivity index (χ4n) is 3.60. The first-order valence-electron chi connectivity index (χ1n) is 10.6. The van der Waals surface area contributed by atoms with Gasteiger partial charge in [0, 0.05) is 17.3 Å². The number of thioether (sulfide) groups is 1. The van der Waals surface area contributed by atoms with Crippen molar-refractivity contribution in [1.29, 1.82) is 0 Å². The molecule has 32 heavy (non-hydrogen) atoms. The van der Waals surface area contributed by atoms with Gasteiger partial charge in [-0.25, -0.2) is 9.89 Å². The van der Waals surface area contributed by atoms with Crippen LogP contribution in [-0.2, 0) is 9.59 Å². The molecule has 2 aromatic rings. The first-order valence-corrected chi connectivity index (χ1v) is 11.5. The zero-order chi connectivity index (χ0) is 22.8. The molecule has 0 saturated carbocycles. The highest BCUT2D eigenvalue weighted by Crippen LogP contribution is 2.36. The van der Waals surface area contributed by atoms with E-state index in [4.69, 9.17) is 14.7 Å². The van der Waals surface area contributed by atoms with Crippen molar-refractivity contribution in [3.05, 3.63) is 54.1 Å². The number of hydrogen-bond acceptors (Lipinski definition) is 6. The lowest BCUT2D eigenvalue weighted by atomic mass is 10.00. The summed E-state index contributed by atoms with van der Waals surface area (Å²) >= 11 is 1.25. The Hall–Kier alpha value is -3.13. The third kappa shape index (κ3) is 4.14. The van der Waals surface area contributed by atoms with Gasteiger partial charge in [0.2, 0.25) is 5.91 Å². The van der Waals surface area contributed by atoms with Gasteiger partial charge < -0.3 is 10.1 Å². The molecule has 1 N–H and O–H groups in total. The lowest BCUT2D eigenvalue weighted by Gasteiger charge is -2.27. The van der Waals surface area contributed by atoms with Gasteiger partial charge in [-0.2, -0.15) is 0 Å². The number of rotatable bonds is 6. The van der Waals surface area contributed by atoms with Crippen molar-refractivity contribution in [1.82, 2.24) is 4.90 Å². The van der Waals surface area contributed by atoms with E-state index in [1.165, 1.54) is 11.8 Å². The Morgan fingerprint density at radius 3 is 2.75 bits per heavy atom. The van der Waals surface area contributed by atoms with Gasteiger partial charge in [-0.3, -0.25) is 14.6 Å². The number of benzene rings is 2. The molecule has 2 amide bonds. The predicted molar refractivity (Wildman–Crippen MR) is 129 cm³/mol. The second-order valence-electron chi connectivity index (χ2n) is 7.85. The van der Waals surface area contributed by atoms with Gasteiger partial charge in [-0.05, 0) is 37.1 Å². The quantitative estimate of drug-likeness (QED) is 0.704. The molecule has 0 bridgehead atoms. The second kappa shape index (κ2) is 9.16. The Morgan fingerprint density at radius 1 is 1.22 bits per heavy atom. The number of anilines is 1. The van der Waals surface area contributed by atoms with Gasteiger partial charge in [0.15, 0.2) is 5.17 Å². The summed E-state index contributed by atoms with van der Waals surface area (Å²) in [5.74, 6) is 1.13. The Bertz CT molecular complexity index is 1110. The number of para-hydroxylation sites is 1. The van der Waals surface area contributed by atoms with Crippen molar-refractivity contribution in [2.45, 2.75) is 38.5 Å². The number of carbonyl (C=O) groups is 2. The van der Waals surface area contributed by atoms with Crippen molar-refractivity contribution < 1.29 is 14.3 Å². The molecule has 0 unspecified atom stereocenters. The summed E-state index contributed by atoms with van der Waals surface area (Å²) in [6.07, 6.45) is 0.849. The summed E-state index contributed by atoms with van der Waals surface area (Å²) in [6.45, 7) is 5.88. The fourth-order valence-corrected chi connectivity index (χ4v) is 4.51. The van der Waals surface area contributed by atoms with Gasteiger partial charge in [-0.1, -0.05) is 50.2 Å². The second-order valence-corrected chi connectivity index (χ2v) is 9.16. The highest BCUT2D eigenvalue weighted by Gasteiger charge is 2.43. The van der Waals surface area contributed by atoms with Crippen molar-refractivity contribution in [2.75, 3.05) is 12.4 Å². The predicted octanol–water partition coefficient (Wildman–Crippen LogP) is 4.46. The number of amidine groups is 2. The van der Waals surface area contributed by atoms with E-state index in [9.17, 15) is 9.59 Å². The van der Waals surface area contributed by atoms with Crippen LogP contribution in [0.15, 0.2) is 58.5 Å². The number of nitrogens with zero attached hydrogens (tertiary/aromatic N) is 3. The molecule has 0 aliphatic carbocycles. The molecule has 166 valence electrons. The highest BCUT2D eigenvalue weighted by molar-refractivity contribution is 8.15. The standard InChI is InChI=1S/C24H26N4O3S/c1-5-14(2)20-23(30)28-21(27-20)18-11-6-7-12-19(18)26-24(28)32-15(3)22(29)25-16-9-8-10-17(13-16)31-4/h6-15,20H,5H2,1-4H3,(H,25,29)/t14-,15-,20+/m0/s1. The highest BCUT2D eigenvalue weighted by atomic mass is 32.2. The first-order chi connectivity index (χ1) is 15.4. The summed E-state index contributed by atoms with van der Waals surface area (Å²) in [5, 5.41) is 2.90. The Labute approximate surface area is 192 Å². The van der Waals surface area contributed by atoms with Gasteiger partial charge in [-0.15, -0.1) is 0 Å². The third-order valence-electron chi connectivity index (χ3n) is 5.67. The van der Waals surface area contributed by atoms with E-state index in [2.05, 4.69) is 12.2 Å². The smallest absolute Gasteiger partial charge is 0.259 e. The number of aliphatic imine (C=N–C) groups is 2. The first kappa shape index (κ1) is 22.1. The number of hydrogen-bond donors (Lipinski definition) is 1. The molecule has 8 heteroatoms. The summed E-state index contributed by atoms with van der Waals surface area (Å²) in [5.41, 5.74) is 2.24. The van der Waals surface area contributed by atoms with Crippen molar-refractivity contribution in [2.24, 2.45) is 15.9 Å². The fraction of sp³-hybridized carbons (Fsp3) is 0.333. The minimum absolute atomic E-state index is 0.0875. The van der Waals surface area contributed by atoms with Crippen molar-refractivity contribution >= 4 is 46.0 Å². The maximum absolute atomic E-state index is 13.3. The molecule has 7 nitrogen and oxygen atoms in total. The Balaban J connectivity index is 1.59. The lowest BCUT2D eigenvalue weighted by Crippen LogP contribution is -2.43. The number of nitrogens with one attached hydrogen (secondary N) is 1. The van der Waals surface area contributed by atoms with E-state index in [1.807, 2.05) is 43.3 Å². The van der Waals surface area contributed by atoms with Crippen LogP contribution in [0.3, 0.4) is 0 Å². The molecule has 0 fully saturated rings. The molecule has 4 rings (SSSR count). The molecule has 0 aromatic heterocycles. The molecule has 0 saturated heterocycles. The molecular weight excluding hydrogens is 424 g/mol. The maximum Gasteiger partial charge on any atom is 0.259 e. The molecule has 2 aliphatic heterocycles. The van der Waals surface area contributed by atoms with Crippen molar-refractivity contribution in [3.8, 4) is 5.75 Å². The summed E-state index contributed by atoms with van der Waals surface area (Å²) in [7, 11) is 1.58. The van der Waals surface area contributed by atoms with E-state index >= 15 is 0 Å². The largest absolute Gasteiger partial charge is 0.497 e. The van der Waals surface area contributed by atoms with Crippen molar-refractivity contribution in [3.63, 3.8) is 0 Å². The summed E-state index contributed by atoms with van der Waals surface area (Å²) < 4.78 is 5.22. The third-order valence-corrected chi connectivity index (χ3v) is 6.72. The summed E-state index contributed by atoms with van der Waals surface area (Å²) in [6, 6.07) is 14.4. The molecule has 0 spiro atoms. The molecule has 0 radical (unpaired) electrons. The zero-order valence-corrected chi connectivity index (χ0v) is 19.3. The molecule has 2 heterocycles. The van der Waals surface area contributed by atoms with Crippen LogP contribution in [0.1, 0.15) is 32.8 Å². The van der Waals surface area contributed by atoms with Crippen LogP contribution in [0.4, 0.5) is 11.4 Å². The number of fused-ring (bicyclic) bond motifs is 3. The Morgan fingerprint density at radius 2 is 2.00 bits per heavy atom. The number of methoxy groups -OCH3 is 1. The van der Waals surface area contributed by atoms with Gasteiger partial charge in [0.1, 0.15) is 17.6 Å². The maximum atomic E-state index is 13.3. The van der Waals surface area contributed by atoms with E-state index < -0.39 is 11.3 Å². The zero-order valence-electron chi connectivity index (χ0n) is 18.5. The van der Waals surface area contributed by atoms with E-state index in [0.29, 0.717) is 22.4 Å². The van der Waals surface area contributed by atoms with Crippen LogP contribution in [0, 0.1) is 5.92 Å². The topological polar surface area (TPSA) is 83.4 Å². The minimum Gasteiger partial charge on any atom is -0.497 e. The normalized spacial score (nSPS) is 18.8. The minimum atomic E-state index is -0.484. The SMILES string of the molecule is CC[C@H](C)[C@H]1N=C2c3ccccc3N=C(S[C@@H](C)C(=O)Nc3cccc(OC)c3)N2C1=O. The summed E-state index contributed by atoms with van der Waals surface area (Å²) in [4.78, 5) is 37.2. The van der Waals surface area contributed by atoms with Crippen LogP contribution in [0.25, 0.3) is 0 Å². The molecule has 2 aliphatic rings.